The summed E-state index contributed by atoms with van der Waals surface area (Å²) < 4.78 is 38.8. The van der Waals surface area contributed by atoms with Crippen molar-refractivity contribution in [3.63, 3.8) is 0 Å². The SMILES string of the molecule is [2H]c1c(C(C)(C)C)cc2ccc3c([2H])c(C(C)(C)C)cc4c(-c5cc(-c6cc7c([2H])c(C(C)(C)C)cc8ccc9c([2H])c(C(C)(C)C)cc6c9c87)cc(C(C)(C)C)c5)cc1c2c43. The normalized spacial score (nSPS) is 14.7. The molecule has 0 bridgehead atoms. The van der Waals surface area contributed by atoms with Crippen molar-refractivity contribution in [3.8, 4) is 22.3 Å². The standard InChI is InChI=1S/C58H62/c1-54(2,3)41-21-33-16-18-35-23-44(57(10,11)12)31-48-46(29-39(27-41)50(33)52(35)48)37-20-38(26-43(25-37)56(7,8)9)47-30-40-28-42(55(4,5)6)22-34-17-19-36-24-45(58(13,14)15)32-49(47)53(36)51(34)40/h16-32H,1-15H3/i23D,24D,27D,28D. The zero-order valence-corrected chi connectivity index (χ0v) is 37.5. The zero-order chi connectivity index (χ0) is 45.1. The first-order valence-electron chi connectivity index (χ1n) is 23.3. The highest BCUT2D eigenvalue weighted by atomic mass is 14.3. The molecule has 0 aromatic heterocycles. The third-order valence-corrected chi connectivity index (χ3v) is 12.6. The Kier molecular flexibility index (Phi) is 7.20. The second-order valence-corrected chi connectivity index (χ2v) is 22.5. The summed E-state index contributed by atoms with van der Waals surface area (Å²) in [4.78, 5) is 0. The van der Waals surface area contributed by atoms with Crippen LogP contribution < -0.4 is 0 Å². The molecular weight excluding hydrogens is 697 g/mol. The lowest BCUT2D eigenvalue weighted by molar-refractivity contribution is 0.590. The molecule has 0 atom stereocenters. The summed E-state index contributed by atoms with van der Waals surface area (Å²) in [6, 6.07) is 31.3. The molecule has 0 aliphatic heterocycles. The van der Waals surface area contributed by atoms with Crippen molar-refractivity contribution in [3.05, 3.63) is 131 Å². The fourth-order valence-corrected chi connectivity index (χ4v) is 8.97. The molecule has 58 heavy (non-hydrogen) atoms. The van der Waals surface area contributed by atoms with E-state index in [9.17, 15) is 5.48 Å². The van der Waals surface area contributed by atoms with Crippen LogP contribution in [0.1, 0.15) is 137 Å². The molecule has 0 nitrogen and oxygen atoms in total. The highest BCUT2D eigenvalue weighted by Crippen LogP contribution is 2.48. The van der Waals surface area contributed by atoms with Gasteiger partial charge >= 0.3 is 0 Å². The van der Waals surface area contributed by atoms with Gasteiger partial charge in [-0.15, -0.1) is 0 Å². The van der Waals surface area contributed by atoms with Gasteiger partial charge in [-0.25, -0.2) is 0 Å². The van der Waals surface area contributed by atoms with Gasteiger partial charge in [-0.05, 0) is 172 Å². The first-order valence-corrected chi connectivity index (χ1v) is 21.3. The smallest absolute Gasteiger partial charge is 0.0561 e. The van der Waals surface area contributed by atoms with E-state index in [1.807, 2.05) is 0 Å². The van der Waals surface area contributed by atoms with Gasteiger partial charge in [0.05, 0.1) is 5.48 Å². The zero-order valence-electron chi connectivity index (χ0n) is 41.5. The number of hydrogen-bond donors (Lipinski definition) is 0. The summed E-state index contributed by atoms with van der Waals surface area (Å²) in [5, 5.41) is 12.3. The van der Waals surface area contributed by atoms with Gasteiger partial charge in [0, 0.05) is 0 Å². The van der Waals surface area contributed by atoms with E-state index >= 15 is 0 Å². The minimum absolute atomic E-state index is 0.209. The Labute approximate surface area is 353 Å². The largest absolute Gasteiger partial charge is 0.0632 e. The van der Waals surface area contributed by atoms with Crippen molar-refractivity contribution in [1.82, 2.24) is 0 Å². The molecule has 0 spiro atoms. The lowest BCUT2D eigenvalue weighted by Gasteiger charge is -2.27. The third kappa shape index (κ3) is 6.25. The van der Waals surface area contributed by atoms with Gasteiger partial charge in [0.25, 0.3) is 0 Å². The average molecular weight is 763 g/mol. The monoisotopic (exact) mass is 763 g/mol. The molecule has 0 radical (unpaired) electrons. The van der Waals surface area contributed by atoms with Crippen molar-refractivity contribution in [1.29, 1.82) is 0 Å². The van der Waals surface area contributed by atoms with Crippen LogP contribution in [0.15, 0.2) is 103 Å². The Morgan fingerprint density at radius 3 is 0.948 bits per heavy atom. The number of hydrogen-bond acceptors (Lipinski definition) is 0. The van der Waals surface area contributed by atoms with Crippen LogP contribution in [-0.4, -0.2) is 0 Å². The molecule has 0 amide bonds. The molecule has 9 rings (SSSR count). The summed E-state index contributed by atoms with van der Waals surface area (Å²) in [7, 11) is 0. The van der Waals surface area contributed by atoms with Crippen LogP contribution in [0.25, 0.3) is 86.9 Å². The molecule has 0 fully saturated rings. The Hall–Kier alpha value is -4.94. The fraction of sp³-hybridized carbons (Fsp3) is 0.345. The Morgan fingerprint density at radius 1 is 0.293 bits per heavy atom. The molecule has 0 N–H and O–H groups in total. The van der Waals surface area contributed by atoms with Crippen LogP contribution in [0.4, 0.5) is 0 Å². The molecule has 0 saturated heterocycles. The number of benzene rings is 9. The molecule has 0 heterocycles. The maximum atomic E-state index is 9.80. The third-order valence-electron chi connectivity index (χ3n) is 12.6. The quantitative estimate of drug-likeness (QED) is 0.154. The van der Waals surface area contributed by atoms with Gasteiger partial charge in [0.1, 0.15) is 0 Å². The van der Waals surface area contributed by atoms with E-state index in [1.54, 1.807) is 0 Å². The van der Waals surface area contributed by atoms with Crippen LogP contribution in [0, 0.1) is 0 Å². The lowest BCUT2D eigenvalue weighted by atomic mass is 9.77. The van der Waals surface area contributed by atoms with Crippen molar-refractivity contribution < 1.29 is 5.48 Å². The van der Waals surface area contributed by atoms with Crippen LogP contribution in [0.5, 0.6) is 0 Å². The Morgan fingerprint density at radius 2 is 0.603 bits per heavy atom. The van der Waals surface area contributed by atoms with Crippen molar-refractivity contribution in [2.75, 3.05) is 0 Å². The van der Waals surface area contributed by atoms with E-state index in [4.69, 9.17) is 0 Å². The highest BCUT2D eigenvalue weighted by Gasteiger charge is 2.26. The molecular formula is C58H62. The molecule has 0 aliphatic rings. The van der Waals surface area contributed by atoms with Gasteiger partial charge in [-0.2, -0.15) is 0 Å². The van der Waals surface area contributed by atoms with Crippen molar-refractivity contribution in [2.45, 2.75) is 131 Å². The van der Waals surface area contributed by atoms with Crippen LogP contribution in [-0.2, 0) is 27.1 Å². The Bertz CT molecular complexity index is 3110. The minimum atomic E-state index is -0.265. The minimum Gasteiger partial charge on any atom is -0.0561 e. The van der Waals surface area contributed by atoms with Crippen LogP contribution in [0.2, 0.25) is 0 Å². The summed E-state index contributed by atoms with van der Waals surface area (Å²) >= 11 is 0. The fourth-order valence-electron chi connectivity index (χ4n) is 8.97. The molecule has 0 heteroatoms. The van der Waals surface area contributed by atoms with Gasteiger partial charge in [-0.3, -0.25) is 0 Å². The van der Waals surface area contributed by atoms with E-state index in [2.05, 4.69) is 183 Å². The maximum Gasteiger partial charge on any atom is 0.0632 e. The van der Waals surface area contributed by atoms with E-state index in [1.165, 1.54) is 5.56 Å². The molecule has 0 saturated carbocycles. The van der Waals surface area contributed by atoms with Gasteiger partial charge in [0.15, 0.2) is 0 Å². The van der Waals surface area contributed by atoms with Gasteiger partial charge in [0.2, 0.25) is 0 Å². The molecule has 294 valence electrons. The summed E-state index contributed by atoms with van der Waals surface area (Å²) in [6.07, 6.45) is 0. The lowest BCUT2D eigenvalue weighted by Crippen LogP contribution is -2.12. The summed E-state index contributed by atoms with van der Waals surface area (Å²) in [5.74, 6) is 0. The van der Waals surface area contributed by atoms with Gasteiger partial charge < -0.3 is 0 Å². The molecule has 9 aromatic carbocycles. The predicted molar refractivity (Wildman–Crippen MR) is 258 cm³/mol. The van der Waals surface area contributed by atoms with E-state index in [0.29, 0.717) is 24.2 Å². The van der Waals surface area contributed by atoms with E-state index in [-0.39, 0.29) is 27.1 Å². The van der Waals surface area contributed by atoms with E-state index in [0.717, 1.165) is 109 Å². The van der Waals surface area contributed by atoms with Crippen LogP contribution in [0.3, 0.4) is 0 Å². The van der Waals surface area contributed by atoms with Crippen LogP contribution >= 0.6 is 0 Å². The second-order valence-electron chi connectivity index (χ2n) is 22.5. The first-order chi connectivity index (χ1) is 28.6. The van der Waals surface area contributed by atoms with Crippen molar-refractivity contribution >= 4 is 64.6 Å². The second kappa shape index (κ2) is 12.3. The van der Waals surface area contributed by atoms with E-state index < -0.39 is 0 Å². The van der Waals surface area contributed by atoms with Gasteiger partial charge in [-0.1, -0.05) is 177 Å². The maximum absolute atomic E-state index is 9.80. The molecule has 0 aliphatic carbocycles. The highest BCUT2D eigenvalue weighted by molar-refractivity contribution is 6.28. The first kappa shape index (κ1) is 34.0. The Balaban J connectivity index is 1.49. The molecule has 0 unspecified atom stereocenters. The predicted octanol–water partition coefficient (Wildman–Crippen LogP) is 17.3. The molecule has 9 aromatic rings. The average Bonchev–Trinajstić information content (AvgIpc) is 3.15. The summed E-state index contributed by atoms with van der Waals surface area (Å²) in [5.41, 5.74) is 8.27. The van der Waals surface area contributed by atoms with Crippen molar-refractivity contribution in [2.24, 2.45) is 0 Å². The topological polar surface area (TPSA) is 0 Å². The number of rotatable bonds is 2. The summed E-state index contributed by atoms with van der Waals surface area (Å²) in [6.45, 7) is 33.1.